The van der Waals surface area contributed by atoms with E-state index in [-0.39, 0.29) is 12.1 Å². The number of hydrogen-bond acceptors (Lipinski definition) is 5. The van der Waals surface area contributed by atoms with Gasteiger partial charge < -0.3 is 18.9 Å². The van der Waals surface area contributed by atoms with Gasteiger partial charge in [0.25, 0.3) is 0 Å². The van der Waals surface area contributed by atoms with Crippen LogP contribution < -0.4 is 0 Å². The van der Waals surface area contributed by atoms with Crippen molar-refractivity contribution in [1.82, 2.24) is 0 Å². The first-order valence-electron chi connectivity index (χ1n) is 7.10. The van der Waals surface area contributed by atoms with Crippen molar-refractivity contribution in [3.8, 4) is 0 Å². The molecule has 0 aromatic heterocycles. The minimum absolute atomic E-state index is 0.0290. The van der Waals surface area contributed by atoms with Gasteiger partial charge in [0.05, 0.1) is 12.7 Å². The molecule has 0 aromatic rings. The van der Waals surface area contributed by atoms with E-state index in [9.17, 15) is 4.79 Å². The molecule has 5 nitrogen and oxygen atoms in total. The summed E-state index contributed by atoms with van der Waals surface area (Å²) in [5.74, 6) is -1.04. The molecule has 0 aliphatic rings. The fraction of sp³-hybridized carbons (Fsp3) is 0.688. The van der Waals surface area contributed by atoms with Gasteiger partial charge in [0, 0.05) is 20.3 Å². The molecular formula is C16H28O5. The van der Waals surface area contributed by atoms with Gasteiger partial charge in [-0.05, 0) is 39.7 Å². The standard InChI is InChI=1S/C16H28O5/c1-7-20-15(17)11-13(2)9-8-10-14(3)21-12-16(4,18-5)19-6/h8-9,11,14H,7,10,12H2,1-6H3. The molecule has 1 unspecified atom stereocenters. The lowest BCUT2D eigenvalue weighted by Gasteiger charge is -2.27. The smallest absolute Gasteiger partial charge is 0.330 e. The van der Waals surface area contributed by atoms with Gasteiger partial charge in [-0.2, -0.15) is 0 Å². The van der Waals surface area contributed by atoms with Gasteiger partial charge in [-0.25, -0.2) is 4.79 Å². The second-order valence-corrected chi connectivity index (χ2v) is 4.94. The second-order valence-electron chi connectivity index (χ2n) is 4.94. The topological polar surface area (TPSA) is 54.0 Å². The zero-order valence-electron chi connectivity index (χ0n) is 14.0. The fourth-order valence-electron chi connectivity index (χ4n) is 1.43. The van der Waals surface area contributed by atoms with Gasteiger partial charge in [-0.3, -0.25) is 0 Å². The average Bonchev–Trinajstić information content (AvgIpc) is 2.45. The zero-order valence-corrected chi connectivity index (χ0v) is 14.0. The second kappa shape index (κ2) is 10.5. The number of carbonyl (C=O) groups is 1. The molecule has 5 heteroatoms. The molecule has 21 heavy (non-hydrogen) atoms. The van der Waals surface area contributed by atoms with Crippen LogP contribution in [-0.4, -0.2) is 45.3 Å². The van der Waals surface area contributed by atoms with Crippen molar-refractivity contribution in [1.29, 1.82) is 0 Å². The summed E-state index contributed by atoms with van der Waals surface area (Å²) in [5.41, 5.74) is 0.847. The fourth-order valence-corrected chi connectivity index (χ4v) is 1.43. The van der Waals surface area contributed by atoms with Gasteiger partial charge in [-0.1, -0.05) is 12.2 Å². The van der Waals surface area contributed by atoms with Crippen LogP contribution in [0.3, 0.4) is 0 Å². The van der Waals surface area contributed by atoms with Crippen LogP contribution in [0.1, 0.15) is 34.1 Å². The molecule has 0 saturated heterocycles. The molecule has 0 spiro atoms. The van der Waals surface area contributed by atoms with E-state index < -0.39 is 5.79 Å². The molecule has 0 amide bonds. The maximum Gasteiger partial charge on any atom is 0.330 e. The van der Waals surface area contributed by atoms with E-state index in [2.05, 4.69) is 0 Å². The lowest BCUT2D eigenvalue weighted by molar-refractivity contribution is -0.228. The number of hydrogen-bond donors (Lipinski definition) is 0. The van der Waals surface area contributed by atoms with Crippen LogP contribution in [0.5, 0.6) is 0 Å². The molecule has 0 radical (unpaired) electrons. The molecule has 0 fully saturated rings. The third kappa shape index (κ3) is 9.39. The number of allylic oxidation sites excluding steroid dienone is 2. The largest absolute Gasteiger partial charge is 0.463 e. The molecular weight excluding hydrogens is 272 g/mol. The molecule has 0 aliphatic carbocycles. The zero-order chi connectivity index (χ0) is 16.3. The predicted molar refractivity (Wildman–Crippen MR) is 82.0 cm³/mol. The molecule has 0 saturated carbocycles. The maximum atomic E-state index is 11.2. The Bertz CT molecular complexity index is 356. The Balaban J connectivity index is 4.15. The molecule has 0 rings (SSSR count). The number of methoxy groups -OCH3 is 2. The normalized spacial score (nSPS) is 14.5. The van der Waals surface area contributed by atoms with E-state index in [1.165, 1.54) is 6.08 Å². The van der Waals surface area contributed by atoms with Crippen molar-refractivity contribution in [2.24, 2.45) is 0 Å². The van der Waals surface area contributed by atoms with Gasteiger partial charge in [0.15, 0.2) is 5.79 Å². The van der Waals surface area contributed by atoms with E-state index in [0.29, 0.717) is 13.2 Å². The number of carbonyl (C=O) groups excluding carboxylic acids is 1. The van der Waals surface area contributed by atoms with E-state index in [0.717, 1.165) is 12.0 Å². The summed E-state index contributed by atoms with van der Waals surface area (Å²) in [4.78, 5) is 11.2. The number of rotatable bonds is 10. The predicted octanol–water partition coefficient (Wildman–Crippen LogP) is 2.86. The Kier molecular flexibility index (Phi) is 9.95. The van der Waals surface area contributed by atoms with Gasteiger partial charge >= 0.3 is 5.97 Å². The number of ether oxygens (including phenoxy) is 4. The Hall–Kier alpha value is -1.17. The van der Waals surface area contributed by atoms with Crippen molar-refractivity contribution in [3.05, 3.63) is 23.8 Å². The lowest BCUT2D eigenvalue weighted by Crippen LogP contribution is -2.36. The third-order valence-corrected chi connectivity index (χ3v) is 2.97. The molecule has 0 bridgehead atoms. The summed E-state index contributed by atoms with van der Waals surface area (Å²) in [7, 11) is 3.17. The summed E-state index contributed by atoms with van der Waals surface area (Å²) in [5, 5.41) is 0. The summed E-state index contributed by atoms with van der Waals surface area (Å²) >= 11 is 0. The molecule has 1 atom stereocenters. The highest BCUT2D eigenvalue weighted by Gasteiger charge is 2.23. The van der Waals surface area contributed by atoms with Crippen LogP contribution in [0.15, 0.2) is 23.8 Å². The summed E-state index contributed by atoms with van der Waals surface area (Å²) in [6, 6.07) is 0. The summed E-state index contributed by atoms with van der Waals surface area (Å²) < 4.78 is 21.0. The highest BCUT2D eigenvalue weighted by Crippen LogP contribution is 2.12. The third-order valence-electron chi connectivity index (χ3n) is 2.97. The Morgan fingerprint density at radius 2 is 1.90 bits per heavy atom. The van der Waals surface area contributed by atoms with Crippen LogP contribution in [-0.2, 0) is 23.7 Å². The van der Waals surface area contributed by atoms with Gasteiger partial charge in [-0.15, -0.1) is 0 Å². The lowest BCUT2D eigenvalue weighted by atomic mass is 10.2. The molecule has 0 aromatic carbocycles. The van der Waals surface area contributed by atoms with Crippen molar-refractivity contribution in [3.63, 3.8) is 0 Å². The first-order chi connectivity index (χ1) is 9.86. The number of esters is 1. The summed E-state index contributed by atoms with van der Waals surface area (Å²) in [6.07, 6.45) is 6.08. The van der Waals surface area contributed by atoms with E-state index in [1.807, 2.05) is 32.9 Å². The van der Waals surface area contributed by atoms with Crippen molar-refractivity contribution in [2.45, 2.75) is 46.0 Å². The highest BCUT2D eigenvalue weighted by molar-refractivity contribution is 5.83. The minimum Gasteiger partial charge on any atom is -0.463 e. The van der Waals surface area contributed by atoms with Crippen LogP contribution in [0.25, 0.3) is 0 Å². The SMILES string of the molecule is CCOC(=O)C=C(C)C=CCC(C)OCC(C)(OC)OC. The van der Waals surface area contributed by atoms with Crippen molar-refractivity contribution < 1.29 is 23.7 Å². The summed E-state index contributed by atoms with van der Waals surface area (Å²) in [6.45, 7) is 8.17. The van der Waals surface area contributed by atoms with Gasteiger partial charge in [0.1, 0.15) is 6.61 Å². The van der Waals surface area contributed by atoms with Crippen LogP contribution in [0, 0.1) is 0 Å². The van der Waals surface area contributed by atoms with Crippen LogP contribution in [0.2, 0.25) is 0 Å². The average molecular weight is 300 g/mol. The first-order valence-corrected chi connectivity index (χ1v) is 7.10. The van der Waals surface area contributed by atoms with Crippen LogP contribution >= 0.6 is 0 Å². The quantitative estimate of drug-likeness (QED) is 0.269. The Morgan fingerprint density at radius 1 is 1.29 bits per heavy atom. The maximum absolute atomic E-state index is 11.2. The van der Waals surface area contributed by atoms with Crippen molar-refractivity contribution >= 4 is 5.97 Å². The highest BCUT2D eigenvalue weighted by atomic mass is 16.7. The molecule has 0 aliphatic heterocycles. The Labute approximate surface area is 127 Å². The molecule has 0 heterocycles. The van der Waals surface area contributed by atoms with Crippen molar-refractivity contribution in [2.75, 3.05) is 27.4 Å². The first kappa shape index (κ1) is 19.8. The molecule has 122 valence electrons. The van der Waals surface area contributed by atoms with E-state index >= 15 is 0 Å². The molecule has 0 N–H and O–H groups in total. The minimum atomic E-state index is -0.724. The Morgan fingerprint density at radius 3 is 2.43 bits per heavy atom. The van der Waals surface area contributed by atoms with E-state index in [1.54, 1.807) is 21.1 Å². The van der Waals surface area contributed by atoms with E-state index in [4.69, 9.17) is 18.9 Å². The monoisotopic (exact) mass is 300 g/mol. The van der Waals surface area contributed by atoms with Gasteiger partial charge in [0.2, 0.25) is 0 Å². The van der Waals surface area contributed by atoms with Crippen LogP contribution in [0.4, 0.5) is 0 Å².